The van der Waals surface area contributed by atoms with Crippen LogP contribution in [0.1, 0.15) is 11.3 Å². The van der Waals surface area contributed by atoms with Crippen LogP contribution in [0, 0.1) is 13.8 Å². The largest absolute Gasteiger partial charge is 0.340 e. The lowest BCUT2D eigenvalue weighted by Crippen LogP contribution is -2.50. The summed E-state index contributed by atoms with van der Waals surface area (Å²) in [5, 5.41) is 3.37. The van der Waals surface area contributed by atoms with Crippen LogP contribution in [-0.2, 0) is 11.3 Å². The van der Waals surface area contributed by atoms with Gasteiger partial charge in [-0.25, -0.2) is 9.97 Å². The van der Waals surface area contributed by atoms with Crippen molar-refractivity contribution in [3.05, 3.63) is 72.2 Å². The van der Waals surface area contributed by atoms with E-state index in [1.807, 2.05) is 58.9 Å². The Morgan fingerprint density at radius 3 is 2.52 bits per heavy atom. The van der Waals surface area contributed by atoms with Gasteiger partial charge in [-0.2, -0.15) is 4.98 Å². The molecule has 8 nitrogen and oxygen atoms in total. The summed E-state index contributed by atoms with van der Waals surface area (Å²) in [6.07, 6.45) is 1.74. The number of anilines is 3. The molecule has 4 aromatic rings. The number of rotatable bonds is 5. The average molecular weight is 442 g/mol. The van der Waals surface area contributed by atoms with Crippen molar-refractivity contribution in [2.45, 2.75) is 20.4 Å². The Bertz CT molecular complexity index is 1270. The number of aromatic nitrogens is 4. The van der Waals surface area contributed by atoms with E-state index in [1.165, 1.54) is 5.56 Å². The molecule has 1 amide bonds. The van der Waals surface area contributed by atoms with E-state index in [9.17, 15) is 4.79 Å². The zero-order valence-electron chi connectivity index (χ0n) is 18.9. The number of hydrogen-bond acceptors (Lipinski definition) is 6. The zero-order chi connectivity index (χ0) is 22.8. The minimum atomic E-state index is 0.102. The third-order valence-electron chi connectivity index (χ3n) is 5.91. The number of benzene rings is 2. The van der Waals surface area contributed by atoms with Crippen LogP contribution in [0.5, 0.6) is 0 Å². The van der Waals surface area contributed by atoms with Gasteiger partial charge < -0.3 is 19.7 Å². The molecule has 1 aliphatic heterocycles. The van der Waals surface area contributed by atoms with E-state index in [2.05, 4.69) is 39.2 Å². The minimum Gasteiger partial charge on any atom is -0.340 e. The molecule has 1 saturated heterocycles. The van der Waals surface area contributed by atoms with Gasteiger partial charge in [0.25, 0.3) is 0 Å². The Kier molecular flexibility index (Phi) is 5.64. The fraction of sp³-hybridized carbons (Fsp3) is 0.280. The fourth-order valence-electron chi connectivity index (χ4n) is 4.08. The third kappa shape index (κ3) is 4.64. The van der Waals surface area contributed by atoms with E-state index < -0.39 is 0 Å². The molecule has 1 N–H and O–H groups in total. The van der Waals surface area contributed by atoms with E-state index in [-0.39, 0.29) is 5.91 Å². The van der Waals surface area contributed by atoms with Gasteiger partial charge in [0.15, 0.2) is 0 Å². The highest BCUT2D eigenvalue weighted by Crippen LogP contribution is 2.20. The molecule has 0 spiro atoms. The standard InChI is InChI=1S/C25H27N7O/c1-18-7-9-20(10-8-18)28-23-15-19(2)27-25(29-23)31-13-11-30(12-14-31)24(33)16-32-17-26-21-5-3-4-6-22(21)32/h3-10,15,17H,11-14,16H2,1-2H3,(H,27,28,29). The molecule has 0 saturated carbocycles. The summed E-state index contributed by atoms with van der Waals surface area (Å²) in [6, 6.07) is 18.0. The Hall–Kier alpha value is -3.94. The van der Waals surface area contributed by atoms with Crippen molar-refractivity contribution in [1.29, 1.82) is 0 Å². The number of piperazine rings is 1. The highest BCUT2D eigenvalue weighted by Gasteiger charge is 2.23. The van der Waals surface area contributed by atoms with E-state index in [0.717, 1.165) is 28.2 Å². The van der Waals surface area contributed by atoms with Gasteiger partial charge in [-0.05, 0) is 38.1 Å². The molecule has 0 unspecified atom stereocenters. The van der Waals surface area contributed by atoms with Crippen LogP contribution in [-0.4, -0.2) is 56.5 Å². The quantitative estimate of drug-likeness (QED) is 0.510. The number of para-hydroxylation sites is 2. The molecular weight excluding hydrogens is 414 g/mol. The van der Waals surface area contributed by atoms with Crippen molar-refractivity contribution in [3.8, 4) is 0 Å². The molecule has 168 valence electrons. The van der Waals surface area contributed by atoms with Crippen molar-refractivity contribution in [2.75, 3.05) is 36.4 Å². The van der Waals surface area contributed by atoms with Crippen LogP contribution in [0.25, 0.3) is 11.0 Å². The van der Waals surface area contributed by atoms with Gasteiger partial charge in [-0.1, -0.05) is 29.8 Å². The molecule has 2 aromatic heterocycles. The van der Waals surface area contributed by atoms with Crippen LogP contribution in [0.15, 0.2) is 60.9 Å². The maximum atomic E-state index is 12.9. The zero-order valence-corrected chi connectivity index (χ0v) is 18.9. The Balaban J connectivity index is 1.23. The molecular formula is C25H27N7O. The van der Waals surface area contributed by atoms with Crippen molar-refractivity contribution in [1.82, 2.24) is 24.4 Å². The lowest BCUT2D eigenvalue weighted by molar-refractivity contribution is -0.132. The number of aryl methyl sites for hydroxylation is 2. The summed E-state index contributed by atoms with van der Waals surface area (Å²) in [4.78, 5) is 30.7. The van der Waals surface area contributed by atoms with Crippen molar-refractivity contribution in [2.24, 2.45) is 0 Å². The molecule has 5 rings (SSSR count). The highest BCUT2D eigenvalue weighted by atomic mass is 16.2. The van der Waals surface area contributed by atoms with Crippen LogP contribution in [0.4, 0.5) is 17.5 Å². The number of nitrogens with one attached hydrogen (secondary N) is 1. The minimum absolute atomic E-state index is 0.102. The number of fused-ring (bicyclic) bond motifs is 1. The van der Waals surface area contributed by atoms with Gasteiger partial charge in [-0.3, -0.25) is 4.79 Å². The van der Waals surface area contributed by atoms with Crippen molar-refractivity contribution in [3.63, 3.8) is 0 Å². The number of nitrogens with zero attached hydrogens (tertiary/aromatic N) is 6. The van der Waals surface area contributed by atoms with Crippen LogP contribution in [0.2, 0.25) is 0 Å². The third-order valence-corrected chi connectivity index (χ3v) is 5.91. The molecule has 8 heteroatoms. The molecule has 1 fully saturated rings. The number of imidazole rings is 1. The van der Waals surface area contributed by atoms with Gasteiger partial charge in [0.2, 0.25) is 11.9 Å². The molecule has 33 heavy (non-hydrogen) atoms. The lowest BCUT2D eigenvalue weighted by atomic mass is 10.2. The van der Waals surface area contributed by atoms with Gasteiger partial charge >= 0.3 is 0 Å². The van der Waals surface area contributed by atoms with E-state index in [1.54, 1.807) is 6.33 Å². The van der Waals surface area contributed by atoms with Gasteiger partial charge in [0.05, 0.1) is 17.4 Å². The molecule has 3 heterocycles. The monoisotopic (exact) mass is 441 g/mol. The van der Waals surface area contributed by atoms with Crippen LogP contribution in [0.3, 0.4) is 0 Å². The first-order chi connectivity index (χ1) is 16.0. The van der Waals surface area contributed by atoms with E-state index in [0.29, 0.717) is 38.7 Å². The summed E-state index contributed by atoms with van der Waals surface area (Å²) in [6.45, 7) is 7.02. The van der Waals surface area contributed by atoms with Gasteiger partial charge in [0, 0.05) is 43.6 Å². The normalized spacial score (nSPS) is 14.0. The SMILES string of the molecule is Cc1ccc(Nc2cc(C)nc(N3CCN(C(=O)Cn4cnc5ccccc54)CC3)n2)cc1. The Morgan fingerprint density at radius 2 is 1.73 bits per heavy atom. The first-order valence-electron chi connectivity index (χ1n) is 11.2. The number of hydrogen-bond donors (Lipinski definition) is 1. The summed E-state index contributed by atoms with van der Waals surface area (Å²) in [5.41, 5.74) is 4.99. The second-order valence-corrected chi connectivity index (χ2v) is 8.41. The first kappa shape index (κ1) is 20.9. The van der Waals surface area contributed by atoms with Gasteiger partial charge in [0.1, 0.15) is 12.4 Å². The van der Waals surface area contributed by atoms with Crippen LogP contribution < -0.4 is 10.2 Å². The average Bonchev–Trinajstić information content (AvgIpc) is 3.23. The molecule has 2 aromatic carbocycles. The fourth-order valence-corrected chi connectivity index (χ4v) is 4.08. The molecule has 0 radical (unpaired) electrons. The topological polar surface area (TPSA) is 79.2 Å². The molecule has 0 bridgehead atoms. The van der Waals surface area contributed by atoms with Crippen molar-refractivity contribution < 1.29 is 4.79 Å². The Labute approximate surface area is 192 Å². The first-order valence-corrected chi connectivity index (χ1v) is 11.2. The van der Waals surface area contributed by atoms with Crippen molar-refractivity contribution >= 4 is 34.4 Å². The summed E-state index contributed by atoms with van der Waals surface area (Å²) in [7, 11) is 0. The molecule has 1 aliphatic rings. The predicted molar refractivity (Wildman–Crippen MR) is 130 cm³/mol. The number of carbonyl (C=O) groups excluding carboxylic acids is 1. The summed E-state index contributed by atoms with van der Waals surface area (Å²) < 4.78 is 1.91. The summed E-state index contributed by atoms with van der Waals surface area (Å²) >= 11 is 0. The maximum Gasteiger partial charge on any atom is 0.242 e. The Morgan fingerprint density at radius 1 is 0.970 bits per heavy atom. The second kappa shape index (κ2) is 8.90. The lowest BCUT2D eigenvalue weighted by Gasteiger charge is -2.35. The molecule has 0 atom stereocenters. The van der Waals surface area contributed by atoms with E-state index >= 15 is 0 Å². The second-order valence-electron chi connectivity index (χ2n) is 8.41. The summed E-state index contributed by atoms with van der Waals surface area (Å²) in [5.74, 6) is 1.56. The highest BCUT2D eigenvalue weighted by molar-refractivity contribution is 5.80. The number of amides is 1. The van der Waals surface area contributed by atoms with Crippen LogP contribution >= 0.6 is 0 Å². The smallest absolute Gasteiger partial charge is 0.242 e. The number of carbonyl (C=O) groups is 1. The molecule has 0 aliphatic carbocycles. The van der Waals surface area contributed by atoms with Gasteiger partial charge in [-0.15, -0.1) is 0 Å². The maximum absolute atomic E-state index is 12.9. The predicted octanol–water partition coefficient (Wildman–Crippen LogP) is 3.54. The van der Waals surface area contributed by atoms with E-state index in [4.69, 9.17) is 4.98 Å².